The fraction of sp³-hybridized carbons (Fsp3) is 0.174. The van der Waals surface area contributed by atoms with Crippen LogP contribution in [0.4, 0.5) is 5.69 Å². The van der Waals surface area contributed by atoms with E-state index in [1.54, 1.807) is 36.2 Å². The standard InChI is InChI=1S/C23H24N2O3S/c1-17-9-12-21(15-18(17)2)24-29(27,28)22-13-10-20(11-14-22)23(26)25(3)16-19-7-5-4-6-8-19/h4-15,24H,16H2,1-3H3. The van der Waals surface area contributed by atoms with Crippen LogP contribution in [0.15, 0.2) is 77.7 Å². The van der Waals surface area contributed by atoms with Gasteiger partial charge in [0.1, 0.15) is 0 Å². The average molecular weight is 409 g/mol. The van der Waals surface area contributed by atoms with Crippen LogP contribution in [0.1, 0.15) is 27.0 Å². The second kappa shape index (κ2) is 8.49. The first kappa shape index (κ1) is 20.6. The monoisotopic (exact) mass is 408 g/mol. The molecule has 0 unspecified atom stereocenters. The van der Waals surface area contributed by atoms with E-state index >= 15 is 0 Å². The molecule has 0 saturated carbocycles. The summed E-state index contributed by atoms with van der Waals surface area (Å²) >= 11 is 0. The Morgan fingerprint density at radius 2 is 1.55 bits per heavy atom. The van der Waals surface area contributed by atoms with Crippen molar-refractivity contribution in [3.63, 3.8) is 0 Å². The van der Waals surface area contributed by atoms with E-state index in [1.807, 2.05) is 50.2 Å². The highest BCUT2D eigenvalue weighted by Crippen LogP contribution is 2.20. The molecule has 3 rings (SSSR count). The summed E-state index contributed by atoms with van der Waals surface area (Å²) in [6.07, 6.45) is 0. The molecule has 0 saturated heterocycles. The lowest BCUT2D eigenvalue weighted by Crippen LogP contribution is -2.26. The third-order valence-electron chi connectivity index (χ3n) is 4.78. The number of rotatable bonds is 6. The van der Waals surface area contributed by atoms with E-state index in [0.717, 1.165) is 16.7 Å². The maximum Gasteiger partial charge on any atom is 0.261 e. The minimum Gasteiger partial charge on any atom is -0.337 e. The number of hydrogen-bond donors (Lipinski definition) is 1. The number of aryl methyl sites for hydroxylation is 2. The van der Waals surface area contributed by atoms with Crippen molar-refractivity contribution in [2.24, 2.45) is 0 Å². The topological polar surface area (TPSA) is 66.5 Å². The van der Waals surface area contributed by atoms with Gasteiger partial charge in [-0.25, -0.2) is 8.42 Å². The van der Waals surface area contributed by atoms with Gasteiger partial charge < -0.3 is 4.90 Å². The number of carbonyl (C=O) groups is 1. The van der Waals surface area contributed by atoms with Crippen LogP contribution in [0.25, 0.3) is 0 Å². The van der Waals surface area contributed by atoms with Crippen LogP contribution in [0, 0.1) is 13.8 Å². The number of anilines is 1. The molecule has 0 aromatic heterocycles. The molecule has 0 radical (unpaired) electrons. The Morgan fingerprint density at radius 1 is 0.897 bits per heavy atom. The molecule has 0 spiro atoms. The molecule has 0 atom stereocenters. The molecular formula is C23H24N2O3S. The summed E-state index contributed by atoms with van der Waals surface area (Å²) in [5, 5.41) is 0. The zero-order chi connectivity index (χ0) is 21.0. The molecule has 0 bridgehead atoms. The first-order valence-electron chi connectivity index (χ1n) is 9.26. The van der Waals surface area contributed by atoms with E-state index in [9.17, 15) is 13.2 Å². The number of amides is 1. The molecule has 3 aromatic rings. The zero-order valence-electron chi connectivity index (χ0n) is 16.7. The van der Waals surface area contributed by atoms with E-state index in [2.05, 4.69) is 4.72 Å². The predicted octanol–water partition coefficient (Wildman–Crippen LogP) is 4.38. The molecule has 6 heteroatoms. The van der Waals surface area contributed by atoms with Crippen molar-refractivity contribution in [3.05, 3.63) is 95.1 Å². The van der Waals surface area contributed by atoms with Crippen LogP contribution in [0.5, 0.6) is 0 Å². The molecular weight excluding hydrogens is 384 g/mol. The van der Waals surface area contributed by atoms with Gasteiger partial charge in [-0.1, -0.05) is 36.4 Å². The lowest BCUT2D eigenvalue weighted by atomic mass is 10.1. The Kier molecular flexibility index (Phi) is 6.03. The van der Waals surface area contributed by atoms with Crippen LogP contribution < -0.4 is 4.72 Å². The van der Waals surface area contributed by atoms with Gasteiger partial charge in [0.15, 0.2) is 0 Å². The molecule has 3 aromatic carbocycles. The van der Waals surface area contributed by atoms with Crippen LogP contribution in [0.3, 0.4) is 0 Å². The third-order valence-corrected chi connectivity index (χ3v) is 6.18. The summed E-state index contributed by atoms with van der Waals surface area (Å²) in [6, 6.07) is 21.1. The highest BCUT2D eigenvalue weighted by atomic mass is 32.2. The van der Waals surface area contributed by atoms with Crippen molar-refractivity contribution in [1.29, 1.82) is 0 Å². The van der Waals surface area contributed by atoms with Crippen molar-refractivity contribution in [3.8, 4) is 0 Å². The van der Waals surface area contributed by atoms with Crippen LogP contribution >= 0.6 is 0 Å². The molecule has 0 fully saturated rings. The smallest absolute Gasteiger partial charge is 0.261 e. The van der Waals surface area contributed by atoms with E-state index in [0.29, 0.717) is 17.8 Å². The van der Waals surface area contributed by atoms with Gasteiger partial charge in [-0.15, -0.1) is 0 Å². The molecule has 1 N–H and O–H groups in total. The van der Waals surface area contributed by atoms with Crippen molar-refractivity contribution in [2.45, 2.75) is 25.3 Å². The number of nitrogens with one attached hydrogen (secondary N) is 1. The minimum atomic E-state index is -3.73. The Morgan fingerprint density at radius 3 is 2.17 bits per heavy atom. The summed E-state index contributed by atoms with van der Waals surface area (Å²) in [5.41, 5.74) is 4.08. The summed E-state index contributed by atoms with van der Waals surface area (Å²) in [7, 11) is -2.01. The molecule has 1 amide bonds. The number of carbonyl (C=O) groups excluding carboxylic acids is 1. The van der Waals surface area contributed by atoms with Gasteiger partial charge in [0.05, 0.1) is 4.90 Å². The Labute approximate surface area is 172 Å². The largest absolute Gasteiger partial charge is 0.337 e. The van der Waals surface area contributed by atoms with Gasteiger partial charge in [0.2, 0.25) is 0 Å². The van der Waals surface area contributed by atoms with Gasteiger partial charge >= 0.3 is 0 Å². The first-order chi connectivity index (χ1) is 13.8. The maximum atomic E-state index is 12.6. The SMILES string of the molecule is Cc1ccc(NS(=O)(=O)c2ccc(C(=O)N(C)Cc3ccccc3)cc2)cc1C. The highest BCUT2D eigenvalue weighted by molar-refractivity contribution is 7.92. The van der Waals surface area contributed by atoms with E-state index in [1.165, 1.54) is 12.1 Å². The summed E-state index contributed by atoms with van der Waals surface area (Å²) in [4.78, 5) is 14.3. The van der Waals surface area contributed by atoms with E-state index in [4.69, 9.17) is 0 Å². The first-order valence-corrected chi connectivity index (χ1v) is 10.7. The average Bonchev–Trinajstić information content (AvgIpc) is 2.71. The molecule has 0 aliphatic rings. The lowest BCUT2D eigenvalue weighted by molar-refractivity contribution is 0.0785. The van der Waals surface area contributed by atoms with Crippen LogP contribution in [-0.4, -0.2) is 26.3 Å². The molecule has 0 heterocycles. The summed E-state index contributed by atoms with van der Waals surface area (Å²) < 4.78 is 27.9. The van der Waals surface area contributed by atoms with Gasteiger partial charge in [0, 0.05) is 24.8 Å². The molecule has 0 aliphatic carbocycles. The van der Waals surface area contributed by atoms with Gasteiger partial charge in [0.25, 0.3) is 15.9 Å². The van der Waals surface area contributed by atoms with Crippen molar-refractivity contribution in [2.75, 3.05) is 11.8 Å². The Bertz CT molecular complexity index is 1110. The second-order valence-electron chi connectivity index (χ2n) is 7.08. The third kappa shape index (κ3) is 5.03. The Hall–Kier alpha value is -3.12. The van der Waals surface area contributed by atoms with E-state index < -0.39 is 10.0 Å². The molecule has 150 valence electrons. The predicted molar refractivity (Wildman–Crippen MR) is 115 cm³/mol. The van der Waals surface area contributed by atoms with E-state index in [-0.39, 0.29) is 10.8 Å². The fourth-order valence-electron chi connectivity index (χ4n) is 2.95. The minimum absolute atomic E-state index is 0.109. The maximum absolute atomic E-state index is 12.6. The van der Waals surface area contributed by atoms with Gasteiger partial charge in [-0.05, 0) is 66.9 Å². The molecule has 5 nitrogen and oxygen atoms in total. The van der Waals surface area contributed by atoms with Crippen molar-refractivity contribution < 1.29 is 13.2 Å². The second-order valence-corrected chi connectivity index (χ2v) is 8.76. The van der Waals surface area contributed by atoms with Crippen LogP contribution in [-0.2, 0) is 16.6 Å². The van der Waals surface area contributed by atoms with Crippen molar-refractivity contribution in [1.82, 2.24) is 4.90 Å². The quantitative estimate of drug-likeness (QED) is 0.658. The lowest BCUT2D eigenvalue weighted by Gasteiger charge is -2.17. The number of sulfonamides is 1. The fourth-order valence-corrected chi connectivity index (χ4v) is 3.99. The summed E-state index contributed by atoms with van der Waals surface area (Å²) in [5.74, 6) is -0.167. The number of benzene rings is 3. The number of nitrogens with zero attached hydrogens (tertiary/aromatic N) is 1. The molecule has 29 heavy (non-hydrogen) atoms. The highest BCUT2D eigenvalue weighted by Gasteiger charge is 2.17. The zero-order valence-corrected chi connectivity index (χ0v) is 17.5. The number of hydrogen-bond acceptors (Lipinski definition) is 3. The molecule has 0 aliphatic heterocycles. The van der Waals surface area contributed by atoms with Crippen molar-refractivity contribution >= 4 is 21.6 Å². The summed E-state index contributed by atoms with van der Waals surface area (Å²) in [6.45, 7) is 4.38. The Balaban J connectivity index is 1.72. The van der Waals surface area contributed by atoms with Gasteiger partial charge in [-0.2, -0.15) is 0 Å². The van der Waals surface area contributed by atoms with Gasteiger partial charge in [-0.3, -0.25) is 9.52 Å². The normalized spacial score (nSPS) is 11.1. The van der Waals surface area contributed by atoms with Crippen LogP contribution in [0.2, 0.25) is 0 Å².